The summed E-state index contributed by atoms with van der Waals surface area (Å²) in [5, 5.41) is 26.5. The molecule has 2 aromatic heterocycles. The van der Waals surface area contributed by atoms with Crippen molar-refractivity contribution in [3.63, 3.8) is 0 Å². The van der Waals surface area contributed by atoms with E-state index in [0.29, 0.717) is 17.2 Å². The molecule has 2 heterocycles. The first-order chi connectivity index (χ1) is 13.3. The summed E-state index contributed by atoms with van der Waals surface area (Å²) in [6, 6.07) is 16.6. The highest BCUT2D eigenvalue weighted by Gasteiger charge is 2.12. The van der Waals surface area contributed by atoms with Crippen LogP contribution in [-0.2, 0) is 0 Å². The largest absolute Gasteiger partial charge is 0.507 e. The van der Waals surface area contributed by atoms with E-state index in [9.17, 15) is 5.11 Å². The lowest BCUT2D eigenvalue weighted by Gasteiger charge is -2.06. The van der Waals surface area contributed by atoms with Crippen LogP contribution < -0.4 is 5.32 Å². The Kier molecular flexibility index (Phi) is 4.48. The van der Waals surface area contributed by atoms with Crippen LogP contribution in [0.5, 0.6) is 5.75 Å². The maximum Gasteiger partial charge on any atom is 0.269 e. The molecule has 0 aliphatic rings. The molecule has 0 saturated heterocycles. The Morgan fingerprint density at radius 3 is 2.44 bits per heavy atom. The van der Waals surface area contributed by atoms with Crippen molar-refractivity contribution < 1.29 is 5.11 Å². The monoisotopic (exact) mass is 358 g/mol. The van der Waals surface area contributed by atoms with Gasteiger partial charge in [-0.3, -0.25) is 5.32 Å². The van der Waals surface area contributed by atoms with Crippen molar-refractivity contribution in [1.29, 1.82) is 0 Å². The van der Waals surface area contributed by atoms with Crippen LogP contribution in [0.4, 0.5) is 11.9 Å². The molecule has 0 bridgehead atoms. The highest BCUT2D eigenvalue weighted by atomic mass is 16.3. The molecular weight excluding hydrogens is 344 g/mol. The first kappa shape index (κ1) is 16.3. The molecule has 0 saturated carbocycles. The number of H-pyrrole nitrogens is 1. The van der Waals surface area contributed by atoms with Gasteiger partial charge in [-0.05, 0) is 29.0 Å². The van der Waals surface area contributed by atoms with Crippen LogP contribution in [0, 0.1) is 0 Å². The predicted octanol–water partition coefficient (Wildman–Crippen LogP) is 2.67. The number of hydrogen-bond donors (Lipinski definition) is 3. The smallest absolute Gasteiger partial charge is 0.269 e. The minimum absolute atomic E-state index is 0.0761. The van der Waals surface area contributed by atoms with Crippen LogP contribution in [-0.4, -0.2) is 40.7 Å². The van der Waals surface area contributed by atoms with Gasteiger partial charge in [0, 0.05) is 0 Å². The van der Waals surface area contributed by atoms with Gasteiger partial charge in [-0.2, -0.15) is 15.2 Å². The molecule has 2 aromatic carbocycles. The lowest BCUT2D eigenvalue weighted by Crippen LogP contribution is -2.04. The number of aromatic nitrogens is 7. The van der Waals surface area contributed by atoms with E-state index in [4.69, 9.17) is 0 Å². The quantitative estimate of drug-likeness (QED) is 0.497. The Labute approximate surface area is 153 Å². The fourth-order valence-corrected chi connectivity index (χ4v) is 2.36. The van der Waals surface area contributed by atoms with Crippen LogP contribution in [0.3, 0.4) is 0 Å². The molecule has 0 aliphatic heterocycles. The van der Waals surface area contributed by atoms with Crippen molar-refractivity contribution in [3.05, 3.63) is 66.0 Å². The second kappa shape index (κ2) is 7.40. The van der Waals surface area contributed by atoms with E-state index in [1.54, 1.807) is 30.3 Å². The lowest BCUT2D eigenvalue weighted by molar-refractivity contribution is 0.477. The Hall–Kier alpha value is -4.14. The van der Waals surface area contributed by atoms with E-state index in [2.05, 4.69) is 40.9 Å². The molecule has 9 nitrogen and oxygen atoms in total. The Morgan fingerprint density at radius 1 is 0.852 bits per heavy atom. The molecule has 0 radical (unpaired) electrons. The molecule has 4 rings (SSSR count). The second-order valence-electron chi connectivity index (χ2n) is 5.46. The molecular formula is C18H14N8O. The number of rotatable bonds is 5. The molecule has 0 atom stereocenters. The van der Waals surface area contributed by atoms with Gasteiger partial charge >= 0.3 is 0 Å². The Bertz CT molecular complexity index is 1060. The Balaban J connectivity index is 1.74. The molecule has 4 aromatic rings. The third kappa shape index (κ3) is 3.93. The number of anilines is 2. The van der Waals surface area contributed by atoms with Gasteiger partial charge in [-0.1, -0.05) is 53.6 Å². The van der Waals surface area contributed by atoms with Gasteiger partial charge in [0.25, 0.3) is 5.95 Å². The average molecular weight is 358 g/mol. The summed E-state index contributed by atoms with van der Waals surface area (Å²) in [7, 11) is 0. The maximum absolute atomic E-state index is 10.1. The van der Waals surface area contributed by atoms with Crippen LogP contribution in [0.1, 0.15) is 11.4 Å². The fourth-order valence-electron chi connectivity index (χ4n) is 2.36. The predicted molar refractivity (Wildman–Crippen MR) is 99.8 cm³/mol. The zero-order valence-electron chi connectivity index (χ0n) is 14.0. The topological polar surface area (TPSA) is 125 Å². The number of nitrogens with one attached hydrogen (secondary N) is 2. The van der Waals surface area contributed by atoms with Crippen molar-refractivity contribution in [3.8, 4) is 17.1 Å². The number of nitrogens with zero attached hydrogens (tertiary/aromatic N) is 6. The zero-order valence-corrected chi connectivity index (χ0v) is 14.0. The third-order valence-corrected chi connectivity index (χ3v) is 3.59. The summed E-state index contributed by atoms with van der Waals surface area (Å²) in [4.78, 5) is 13.1. The minimum atomic E-state index is 0.0761. The zero-order chi connectivity index (χ0) is 18.5. The summed E-state index contributed by atoms with van der Waals surface area (Å²) in [6.45, 7) is 0. The summed E-state index contributed by atoms with van der Waals surface area (Å²) >= 11 is 0. The molecule has 0 fully saturated rings. The van der Waals surface area contributed by atoms with E-state index >= 15 is 0 Å². The normalized spacial score (nSPS) is 11.0. The van der Waals surface area contributed by atoms with Crippen LogP contribution in [0.2, 0.25) is 0 Å². The van der Waals surface area contributed by atoms with E-state index in [0.717, 1.165) is 5.56 Å². The van der Waals surface area contributed by atoms with Gasteiger partial charge < -0.3 is 5.11 Å². The summed E-state index contributed by atoms with van der Waals surface area (Å²) in [6.07, 6.45) is 3.66. The van der Waals surface area contributed by atoms with Crippen molar-refractivity contribution >= 4 is 24.0 Å². The van der Waals surface area contributed by atoms with Crippen LogP contribution >= 0.6 is 0 Å². The number of phenolic OH excluding ortho intramolecular Hbond substituents is 1. The maximum atomic E-state index is 10.1. The summed E-state index contributed by atoms with van der Waals surface area (Å²) < 4.78 is 0. The lowest BCUT2D eigenvalue weighted by atomic mass is 10.2. The molecule has 132 valence electrons. The van der Waals surface area contributed by atoms with Gasteiger partial charge in [-0.25, -0.2) is 4.98 Å². The first-order valence-corrected chi connectivity index (χ1v) is 8.06. The number of para-hydroxylation sites is 1. The van der Waals surface area contributed by atoms with Crippen molar-refractivity contribution in [1.82, 2.24) is 35.6 Å². The molecule has 0 amide bonds. The fraction of sp³-hybridized carbons (Fsp3) is 0. The second-order valence-corrected chi connectivity index (χ2v) is 5.46. The highest BCUT2D eigenvalue weighted by molar-refractivity contribution is 5.70. The average Bonchev–Trinajstić information content (AvgIpc) is 3.20. The molecule has 0 spiro atoms. The highest BCUT2D eigenvalue weighted by Crippen LogP contribution is 2.26. The third-order valence-electron chi connectivity index (χ3n) is 3.59. The van der Waals surface area contributed by atoms with Crippen molar-refractivity contribution in [2.24, 2.45) is 0 Å². The number of hydrogen-bond acceptors (Lipinski definition) is 8. The molecule has 0 aliphatic carbocycles. The van der Waals surface area contributed by atoms with Gasteiger partial charge in [0.05, 0.1) is 5.56 Å². The van der Waals surface area contributed by atoms with Gasteiger partial charge in [0.15, 0.2) is 11.6 Å². The molecule has 0 unspecified atom stereocenters. The number of tetrazole rings is 1. The first-order valence-electron chi connectivity index (χ1n) is 8.06. The molecule has 27 heavy (non-hydrogen) atoms. The summed E-state index contributed by atoms with van der Waals surface area (Å²) in [5.41, 5.74) is 1.50. The number of aromatic hydroxyl groups is 1. The Morgan fingerprint density at radius 2 is 1.67 bits per heavy atom. The minimum Gasteiger partial charge on any atom is -0.507 e. The summed E-state index contributed by atoms with van der Waals surface area (Å²) in [5.74, 6) is 1.27. The van der Waals surface area contributed by atoms with Gasteiger partial charge in [-0.15, -0.1) is 5.10 Å². The molecule has 3 N–H and O–H groups in total. The van der Waals surface area contributed by atoms with E-state index in [1.807, 2.05) is 36.4 Å². The SMILES string of the molecule is Oc1ccccc1-c1nc(C=Cc2ccccc2)nc(Nc2nn[nH]n2)n1. The van der Waals surface area contributed by atoms with Gasteiger partial charge in [0.2, 0.25) is 5.95 Å². The van der Waals surface area contributed by atoms with Crippen LogP contribution in [0.25, 0.3) is 23.5 Å². The van der Waals surface area contributed by atoms with Crippen molar-refractivity contribution in [2.45, 2.75) is 0 Å². The van der Waals surface area contributed by atoms with E-state index in [-0.39, 0.29) is 17.6 Å². The number of benzene rings is 2. The van der Waals surface area contributed by atoms with Crippen molar-refractivity contribution in [2.75, 3.05) is 5.32 Å². The number of aromatic amines is 1. The van der Waals surface area contributed by atoms with Crippen LogP contribution in [0.15, 0.2) is 54.6 Å². The van der Waals surface area contributed by atoms with E-state index in [1.165, 1.54) is 0 Å². The molecule has 9 heteroatoms. The van der Waals surface area contributed by atoms with Gasteiger partial charge in [0.1, 0.15) is 5.75 Å². The number of phenols is 1. The van der Waals surface area contributed by atoms with E-state index < -0.39 is 0 Å². The standard InChI is InChI=1S/C18H14N8O/c27-14-9-5-4-8-13(14)16-19-15(11-10-12-6-2-1-3-7-12)20-17(21-16)22-18-23-25-26-24-18/h1-11,27H,(H2,19,20,21,22,23,24,25,26).